The van der Waals surface area contributed by atoms with E-state index in [0.29, 0.717) is 0 Å². The van der Waals surface area contributed by atoms with E-state index in [0.717, 1.165) is 18.5 Å². The molecular formula is C11H24N2. The molecule has 13 heavy (non-hydrogen) atoms. The van der Waals surface area contributed by atoms with Crippen molar-refractivity contribution >= 4 is 0 Å². The summed E-state index contributed by atoms with van der Waals surface area (Å²) in [6.07, 6.45) is 2.69. The maximum Gasteiger partial charge on any atom is 0.00791 e. The summed E-state index contributed by atoms with van der Waals surface area (Å²) in [6, 6.07) is 0.768. The van der Waals surface area contributed by atoms with Crippen LogP contribution in [0.4, 0.5) is 0 Å². The highest BCUT2D eigenvalue weighted by Gasteiger charge is 2.22. The lowest BCUT2D eigenvalue weighted by Crippen LogP contribution is -2.33. The molecule has 0 spiro atoms. The zero-order valence-corrected chi connectivity index (χ0v) is 9.34. The Kier molecular flexibility index (Phi) is 4.74. The summed E-state index contributed by atoms with van der Waals surface area (Å²) >= 11 is 0. The third-order valence-electron chi connectivity index (χ3n) is 3.07. The second kappa shape index (κ2) is 5.61. The Morgan fingerprint density at radius 3 is 2.85 bits per heavy atom. The molecule has 1 heterocycles. The molecule has 0 aliphatic carbocycles. The molecule has 2 atom stereocenters. The second-order valence-corrected chi connectivity index (χ2v) is 4.38. The van der Waals surface area contributed by atoms with Gasteiger partial charge in [0.15, 0.2) is 0 Å². The summed E-state index contributed by atoms with van der Waals surface area (Å²) in [5.74, 6) is 0.918. The first-order chi connectivity index (χ1) is 6.24. The fraction of sp³-hybridized carbons (Fsp3) is 1.00. The maximum atomic E-state index is 3.39. The SMILES string of the molecule is CCNCCC(C)N1CCC(C)C1. The molecule has 1 fully saturated rings. The largest absolute Gasteiger partial charge is 0.317 e. The lowest BCUT2D eigenvalue weighted by molar-refractivity contribution is 0.239. The number of nitrogens with one attached hydrogen (secondary N) is 1. The Morgan fingerprint density at radius 2 is 2.31 bits per heavy atom. The van der Waals surface area contributed by atoms with E-state index in [1.54, 1.807) is 0 Å². The maximum absolute atomic E-state index is 3.39. The molecular weight excluding hydrogens is 160 g/mol. The second-order valence-electron chi connectivity index (χ2n) is 4.38. The van der Waals surface area contributed by atoms with Gasteiger partial charge in [0.05, 0.1) is 0 Å². The van der Waals surface area contributed by atoms with Gasteiger partial charge in [-0.15, -0.1) is 0 Å². The molecule has 0 aromatic rings. The highest BCUT2D eigenvalue weighted by atomic mass is 15.2. The molecule has 1 rings (SSSR count). The van der Waals surface area contributed by atoms with Crippen molar-refractivity contribution in [2.24, 2.45) is 5.92 Å². The van der Waals surface area contributed by atoms with Gasteiger partial charge in [-0.2, -0.15) is 0 Å². The van der Waals surface area contributed by atoms with Gasteiger partial charge in [-0.05, 0) is 45.3 Å². The number of rotatable bonds is 5. The van der Waals surface area contributed by atoms with Gasteiger partial charge in [0.2, 0.25) is 0 Å². The monoisotopic (exact) mass is 184 g/mol. The molecule has 0 bridgehead atoms. The van der Waals surface area contributed by atoms with Gasteiger partial charge in [-0.25, -0.2) is 0 Å². The minimum absolute atomic E-state index is 0.768. The van der Waals surface area contributed by atoms with Crippen LogP contribution in [0, 0.1) is 5.92 Å². The van der Waals surface area contributed by atoms with E-state index in [1.807, 2.05) is 0 Å². The van der Waals surface area contributed by atoms with Gasteiger partial charge in [0.1, 0.15) is 0 Å². The molecule has 0 amide bonds. The Labute approximate surface area is 82.7 Å². The van der Waals surface area contributed by atoms with Crippen LogP contribution in [0.15, 0.2) is 0 Å². The average Bonchev–Trinajstić information content (AvgIpc) is 2.52. The van der Waals surface area contributed by atoms with Crippen LogP contribution in [-0.2, 0) is 0 Å². The van der Waals surface area contributed by atoms with Gasteiger partial charge < -0.3 is 10.2 Å². The van der Waals surface area contributed by atoms with Gasteiger partial charge >= 0.3 is 0 Å². The van der Waals surface area contributed by atoms with Crippen LogP contribution in [0.5, 0.6) is 0 Å². The van der Waals surface area contributed by atoms with E-state index < -0.39 is 0 Å². The molecule has 0 saturated carbocycles. The summed E-state index contributed by atoms with van der Waals surface area (Å²) in [7, 11) is 0. The summed E-state index contributed by atoms with van der Waals surface area (Å²) in [6.45, 7) is 11.8. The van der Waals surface area contributed by atoms with E-state index in [2.05, 4.69) is 31.0 Å². The third kappa shape index (κ3) is 3.65. The summed E-state index contributed by atoms with van der Waals surface area (Å²) < 4.78 is 0. The van der Waals surface area contributed by atoms with Gasteiger partial charge in [0, 0.05) is 12.6 Å². The summed E-state index contributed by atoms with van der Waals surface area (Å²) in [5, 5.41) is 3.39. The van der Waals surface area contributed by atoms with Crippen molar-refractivity contribution < 1.29 is 0 Å². The Morgan fingerprint density at radius 1 is 1.54 bits per heavy atom. The van der Waals surface area contributed by atoms with Crippen LogP contribution in [0.2, 0.25) is 0 Å². The normalized spacial score (nSPS) is 26.5. The van der Waals surface area contributed by atoms with Crippen LogP contribution in [0.1, 0.15) is 33.6 Å². The number of nitrogens with zero attached hydrogens (tertiary/aromatic N) is 1. The molecule has 1 saturated heterocycles. The van der Waals surface area contributed by atoms with E-state index in [9.17, 15) is 0 Å². The Hall–Kier alpha value is -0.0800. The van der Waals surface area contributed by atoms with Crippen LogP contribution < -0.4 is 5.32 Å². The molecule has 2 nitrogen and oxygen atoms in total. The zero-order valence-electron chi connectivity index (χ0n) is 9.34. The quantitative estimate of drug-likeness (QED) is 0.654. The zero-order chi connectivity index (χ0) is 9.68. The first-order valence-electron chi connectivity index (χ1n) is 5.68. The lowest BCUT2D eigenvalue weighted by atomic mass is 10.2. The predicted molar refractivity (Wildman–Crippen MR) is 58.0 cm³/mol. The van der Waals surface area contributed by atoms with E-state index in [4.69, 9.17) is 0 Å². The summed E-state index contributed by atoms with van der Waals surface area (Å²) in [4.78, 5) is 2.63. The van der Waals surface area contributed by atoms with Crippen LogP contribution in [-0.4, -0.2) is 37.1 Å². The fourth-order valence-electron chi connectivity index (χ4n) is 2.04. The highest BCUT2D eigenvalue weighted by molar-refractivity contribution is 4.77. The van der Waals surface area contributed by atoms with Crippen molar-refractivity contribution in [3.8, 4) is 0 Å². The van der Waals surface area contributed by atoms with Crippen molar-refractivity contribution in [3.63, 3.8) is 0 Å². The smallest absolute Gasteiger partial charge is 0.00791 e. The molecule has 1 aliphatic rings. The van der Waals surface area contributed by atoms with Crippen LogP contribution >= 0.6 is 0 Å². The van der Waals surface area contributed by atoms with Crippen molar-refractivity contribution in [1.82, 2.24) is 10.2 Å². The average molecular weight is 184 g/mol. The number of hydrogen-bond acceptors (Lipinski definition) is 2. The van der Waals surface area contributed by atoms with Crippen molar-refractivity contribution in [2.45, 2.75) is 39.7 Å². The topological polar surface area (TPSA) is 15.3 Å². The first kappa shape index (κ1) is 11.0. The van der Waals surface area contributed by atoms with Gasteiger partial charge in [-0.1, -0.05) is 13.8 Å². The Bertz CT molecular complexity index is 136. The lowest BCUT2D eigenvalue weighted by Gasteiger charge is -2.24. The minimum Gasteiger partial charge on any atom is -0.317 e. The van der Waals surface area contributed by atoms with Crippen LogP contribution in [0.25, 0.3) is 0 Å². The van der Waals surface area contributed by atoms with Gasteiger partial charge in [0.25, 0.3) is 0 Å². The summed E-state index contributed by atoms with van der Waals surface area (Å²) in [5.41, 5.74) is 0. The molecule has 78 valence electrons. The third-order valence-corrected chi connectivity index (χ3v) is 3.07. The van der Waals surface area contributed by atoms with Crippen molar-refractivity contribution in [1.29, 1.82) is 0 Å². The van der Waals surface area contributed by atoms with Crippen LogP contribution in [0.3, 0.4) is 0 Å². The molecule has 2 unspecified atom stereocenters. The van der Waals surface area contributed by atoms with E-state index in [-0.39, 0.29) is 0 Å². The Balaban J connectivity index is 2.12. The number of likely N-dealkylation sites (tertiary alicyclic amines) is 1. The fourth-order valence-corrected chi connectivity index (χ4v) is 2.04. The van der Waals surface area contributed by atoms with Gasteiger partial charge in [-0.3, -0.25) is 0 Å². The molecule has 0 aromatic heterocycles. The molecule has 1 aliphatic heterocycles. The highest BCUT2D eigenvalue weighted by Crippen LogP contribution is 2.18. The predicted octanol–water partition coefficient (Wildman–Crippen LogP) is 1.72. The number of hydrogen-bond donors (Lipinski definition) is 1. The minimum atomic E-state index is 0.768. The first-order valence-corrected chi connectivity index (χ1v) is 5.68. The molecule has 2 heteroatoms. The molecule has 0 radical (unpaired) electrons. The molecule has 0 aromatic carbocycles. The standard InChI is InChI=1S/C11H24N2/c1-4-12-7-5-11(3)13-8-6-10(2)9-13/h10-12H,4-9H2,1-3H3. The van der Waals surface area contributed by atoms with Crippen molar-refractivity contribution in [2.75, 3.05) is 26.2 Å². The van der Waals surface area contributed by atoms with Crippen molar-refractivity contribution in [3.05, 3.63) is 0 Å². The molecule has 1 N–H and O–H groups in total. The van der Waals surface area contributed by atoms with E-state index in [1.165, 1.54) is 32.5 Å². The van der Waals surface area contributed by atoms with E-state index >= 15 is 0 Å².